The number of aryl methyl sites for hydroxylation is 1. The highest BCUT2D eigenvalue weighted by atomic mass is 35.5. The number of aromatic hydroxyl groups is 1. The molecule has 10 rings (SSSR count). The lowest BCUT2D eigenvalue weighted by Gasteiger charge is -2.41. The molecule has 3 N–H and O–H groups in total. The lowest BCUT2D eigenvalue weighted by Crippen LogP contribution is -2.55. The van der Waals surface area contributed by atoms with Crippen LogP contribution in [0, 0.1) is 29.0 Å². The molecule has 5 atom stereocenters. The van der Waals surface area contributed by atoms with Gasteiger partial charge in [-0.25, -0.2) is 4.39 Å². The average molecular weight is 1120 g/mol. The number of hydrogen-bond donors (Lipinski definition) is 3. The Kier molecular flexibility index (Phi) is 16.9. The van der Waals surface area contributed by atoms with Gasteiger partial charge in [0.05, 0.1) is 48.0 Å². The number of hydrogen-bond acceptors (Lipinski definition) is 15. The van der Waals surface area contributed by atoms with E-state index in [2.05, 4.69) is 38.1 Å². The van der Waals surface area contributed by atoms with Crippen LogP contribution in [0.3, 0.4) is 0 Å². The van der Waals surface area contributed by atoms with E-state index in [-0.39, 0.29) is 108 Å². The summed E-state index contributed by atoms with van der Waals surface area (Å²) in [5.41, 5.74) is 3.26. The zero-order chi connectivity index (χ0) is 57.1. The third-order valence-electron chi connectivity index (χ3n) is 15.8. The molecule has 0 aliphatic carbocycles. The van der Waals surface area contributed by atoms with Crippen LogP contribution in [0.25, 0.3) is 44.1 Å². The highest BCUT2D eigenvalue weighted by Gasteiger charge is 2.44. The lowest BCUT2D eigenvalue weighted by atomic mass is 9.91. The number of piperidine rings is 1. The molecule has 3 aliphatic rings. The Morgan fingerprint density at radius 3 is 2.48 bits per heavy atom. The first kappa shape index (κ1) is 56.2. The van der Waals surface area contributed by atoms with Crippen LogP contribution in [0.1, 0.15) is 69.7 Å². The number of carbonyl (C=O) groups excluding carboxylic acids is 3. The number of rotatable bonds is 18. The number of ether oxygens (including phenoxy) is 2. The van der Waals surface area contributed by atoms with Crippen molar-refractivity contribution in [3.63, 3.8) is 0 Å². The van der Waals surface area contributed by atoms with Crippen molar-refractivity contribution in [2.24, 2.45) is 18.9 Å². The van der Waals surface area contributed by atoms with E-state index < -0.39 is 29.9 Å². The van der Waals surface area contributed by atoms with Crippen LogP contribution in [0.2, 0.25) is 5.02 Å². The lowest BCUT2D eigenvalue weighted by molar-refractivity contribution is -0.141. The Balaban J connectivity index is 0.763. The van der Waals surface area contributed by atoms with E-state index in [0.29, 0.717) is 53.0 Å². The number of benzene rings is 4. The highest BCUT2D eigenvalue weighted by molar-refractivity contribution is 6.35. The van der Waals surface area contributed by atoms with Gasteiger partial charge in [-0.2, -0.15) is 20.3 Å². The van der Waals surface area contributed by atoms with Crippen molar-refractivity contribution < 1.29 is 43.0 Å². The van der Waals surface area contributed by atoms with Gasteiger partial charge in [0, 0.05) is 69.4 Å². The SMILES string of the molecule is C=CC(=O)N1CCN(c2nc(OCCN3CCC(COc4cc([C@@H](C(=O)N5C[C@H](O)C[C@H]5C(=O)N[C@@H](C)c5ccc(-c6ccnn6C)cc5)C(C)C)on4)CC3)nc3c(F)c(-c4cc(O)cc5ccccc45)c(Cl)cc23)C[C@@H]1CC#N. The number of anilines is 1. The third kappa shape index (κ3) is 12.0. The first-order chi connectivity index (χ1) is 39.1. The molecule has 0 radical (unpaired) electrons. The van der Waals surface area contributed by atoms with Crippen molar-refractivity contribution in [1.82, 2.24) is 44.9 Å². The number of halogens is 2. The van der Waals surface area contributed by atoms with Gasteiger partial charge in [0.15, 0.2) is 11.6 Å². The van der Waals surface area contributed by atoms with Crippen LogP contribution >= 0.6 is 11.6 Å². The molecular formula is C60H65ClFN11O8. The van der Waals surface area contributed by atoms with E-state index >= 15 is 4.39 Å². The van der Waals surface area contributed by atoms with Crippen LogP contribution in [-0.4, -0.2) is 145 Å². The second-order valence-corrected chi connectivity index (χ2v) is 21.9. The smallest absolute Gasteiger partial charge is 0.319 e. The Morgan fingerprint density at radius 2 is 1.75 bits per heavy atom. The highest BCUT2D eigenvalue weighted by Crippen LogP contribution is 2.43. The van der Waals surface area contributed by atoms with E-state index in [9.17, 15) is 29.9 Å². The Labute approximate surface area is 473 Å². The number of aliphatic hydroxyl groups excluding tert-OH is 1. The number of β-amino-alcohol motifs (C(OH)–C–C–N with tert-alkyl or cyclic N) is 1. The van der Waals surface area contributed by atoms with Crippen LogP contribution in [-0.2, 0) is 21.4 Å². The maximum Gasteiger partial charge on any atom is 0.319 e. The molecule has 7 aromatic rings. The molecule has 0 bridgehead atoms. The molecule has 81 heavy (non-hydrogen) atoms. The standard InChI is InChI=1S/C60H65ClFN11O8/c1-6-52(76)72-24-23-71(32-41(72)15-19-63)57-46-30-47(61)54(45-28-42(74)27-40-9-7-8-10-44(40)45)55(62)56(46)66-60(67-57)79-26-25-70-21-17-37(18-22-70)34-80-51-31-50(81-68-51)53(35(2)3)59(78)73-33-43(75)29-49(73)58(77)65-36(4)38-11-13-39(14-12-38)48-16-20-64-69(48)5/h6-14,16,20,27-28,30-31,35-37,41,43,49,53,74-75H,1,15,17-18,21-26,29,32-34H2,2-5H3,(H,65,77)/t36-,41-,43+,49-,53-/m0/s1. The van der Waals surface area contributed by atoms with Crippen molar-refractivity contribution in [2.75, 3.05) is 63.9 Å². The summed E-state index contributed by atoms with van der Waals surface area (Å²) in [5.74, 6) is -1.67. The molecule has 21 heteroatoms. The van der Waals surface area contributed by atoms with Gasteiger partial charge in [-0.05, 0) is 108 Å². The van der Waals surface area contributed by atoms with Gasteiger partial charge in [0.25, 0.3) is 5.88 Å². The maximum atomic E-state index is 17.3. The normalized spacial score (nSPS) is 18.8. The summed E-state index contributed by atoms with van der Waals surface area (Å²) in [6, 6.07) is 23.8. The van der Waals surface area contributed by atoms with Crippen molar-refractivity contribution in [3.05, 3.63) is 120 Å². The van der Waals surface area contributed by atoms with E-state index in [4.69, 9.17) is 30.6 Å². The summed E-state index contributed by atoms with van der Waals surface area (Å²) in [6.45, 7) is 12.7. The summed E-state index contributed by atoms with van der Waals surface area (Å²) < 4.78 is 37.2. The maximum absolute atomic E-state index is 17.3. The number of aliphatic hydroxyl groups is 1. The van der Waals surface area contributed by atoms with Crippen molar-refractivity contribution in [3.8, 4) is 46.1 Å². The predicted molar refractivity (Wildman–Crippen MR) is 303 cm³/mol. The minimum atomic E-state index is -0.877. The zero-order valence-corrected chi connectivity index (χ0v) is 46.4. The number of nitrogens with zero attached hydrogens (tertiary/aromatic N) is 10. The number of nitrogens with one attached hydrogen (secondary N) is 1. The molecule has 0 unspecified atom stereocenters. The van der Waals surface area contributed by atoms with Crippen LogP contribution in [0.5, 0.6) is 17.6 Å². The summed E-state index contributed by atoms with van der Waals surface area (Å²) in [6.07, 6.45) is 3.89. The topological polar surface area (TPSA) is 229 Å². The molecule has 3 aliphatic heterocycles. The quantitative estimate of drug-likeness (QED) is 0.0688. The molecule has 4 aromatic carbocycles. The largest absolute Gasteiger partial charge is 0.508 e. The number of phenols is 1. The van der Waals surface area contributed by atoms with Gasteiger partial charge in [0.1, 0.15) is 35.7 Å². The van der Waals surface area contributed by atoms with Crippen molar-refractivity contribution in [2.45, 2.75) is 76.6 Å². The second-order valence-electron chi connectivity index (χ2n) is 21.5. The molecule has 0 spiro atoms. The minimum absolute atomic E-state index is 0.0102. The number of fused-ring (bicyclic) bond motifs is 2. The molecule has 3 amide bonds. The predicted octanol–water partition coefficient (Wildman–Crippen LogP) is 8.20. The van der Waals surface area contributed by atoms with Crippen LogP contribution < -0.4 is 19.7 Å². The molecule has 3 aromatic heterocycles. The molecule has 6 heterocycles. The summed E-state index contributed by atoms with van der Waals surface area (Å²) in [4.78, 5) is 57.6. The molecule has 0 saturated carbocycles. The number of carbonyl (C=O) groups is 3. The number of likely N-dealkylation sites (tertiary alicyclic amines) is 2. The van der Waals surface area contributed by atoms with Gasteiger partial charge >= 0.3 is 6.01 Å². The zero-order valence-electron chi connectivity index (χ0n) is 45.7. The van der Waals surface area contributed by atoms with Crippen molar-refractivity contribution >= 4 is 56.8 Å². The monoisotopic (exact) mass is 1120 g/mol. The molecule has 3 saturated heterocycles. The molecule has 19 nitrogen and oxygen atoms in total. The fourth-order valence-electron chi connectivity index (χ4n) is 11.5. The Morgan fingerprint density at radius 1 is 0.975 bits per heavy atom. The molecule has 422 valence electrons. The molecule has 3 fully saturated rings. The average Bonchev–Trinajstić information content (AvgIpc) is 4.33. The van der Waals surface area contributed by atoms with Gasteiger partial charge in [-0.1, -0.05) is 80.6 Å². The summed E-state index contributed by atoms with van der Waals surface area (Å²) in [5, 5.41) is 44.5. The number of phenolic OH excluding ortho intramolecular Hbond substituents is 1. The van der Waals surface area contributed by atoms with E-state index in [1.807, 2.05) is 87.3 Å². The van der Waals surface area contributed by atoms with Crippen molar-refractivity contribution in [1.29, 1.82) is 5.26 Å². The third-order valence-corrected chi connectivity index (χ3v) is 16.1. The van der Waals surface area contributed by atoms with Gasteiger partial charge < -0.3 is 44.2 Å². The van der Waals surface area contributed by atoms with Gasteiger partial charge in [-0.15, -0.1) is 0 Å². The van der Waals surface area contributed by atoms with E-state index in [0.717, 1.165) is 42.8 Å². The van der Waals surface area contributed by atoms with Crippen LogP contribution in [0.15, 0.2) is 102 Å². The minimum Gasteiger partial charge on any atom is -0.508 e. The molecular weight excluding hydrogens is 1060 g/mol. The first-order valence-electron chi connectivity index (χ1n) is 27.4. The number of amides is 3. The second kappa shape index (κ2) is 24.3. The number of nitriles is 1. The van der Waals surface area contributed by atoms with E-state index in [1.165, 1.54) is 17.0 Å². The van der Waals surface area contributed by atoms with Crippen LogP contribution in [0.4, 0.5) is 10.2 Å². The first-order valence-corrected chi connectivity index (χ1v) is 27.7. The number of aromatic nitrogens is 5. The Bertz CT molecular complexity index is 3500. The fraction of sp³-hybridized carbons (Fsp3) is 0.400. The van der Waals surface area contributed by atoms with Gasteiger partial charge in [0.2, 0.25) is 17.7 Å². The van der Waals surface area contributed by atoms with E-state index in [1.54, 1.807) is 34.0 Å². The fourth-order valence-corrected chi connectivity index (χ4v) is 11.8. The summed E-state index contributed by atoms with van der Waals surface area (Å²) in [7, 11) is 1.88. The summed E-state index contributed by atoms with van der Waals surface area (Å²) >= 11 is 6.96. The number of piperazine rings is 1. The van der Waals surface area contributed by atoms with Gasteiger partial charge in [-0.3, -0.25) is 24.0 Å². The Hall–Kier alpha value is -8.12.